The Morgan fingerprint density at radius 1 is 1.43 bits per heavy atom. The van der Waals surface area contributed by atoms with Gasteiger partial charge in [0.15, 0.2) is 0 Å². The number of hydrogen-bond donors (Lipinski definition) is 2. The molecule has 112 valence electrons. The number of nitrogens with two attached hydrogens (primary N) is 1. The predicted octanol–water partition coefficient (Wildman–Crippen LogP) is 1.79. The van der Waals surface area contributed by atoms with Gasteiger partial charge in [0.25, 0.3) is 0 Å². The van der Waals surface area contributed by atoms with Crippen LogP contribution in [0.1, 0.15) is 13.8 Å². The van der Waals surface area contributed by atoms with Crippen LogP contribution in [0.15, 0.2) is 30.5 Å². The van der Waals surface area contributed by atoms with Crippen LogP contribution in [0.3, 0.4) is 0 Å². The Balaban J connectivity index is 2.01. The summed E-state index contributed by atoms with van der Waals surface area (Å²) >= 11 is 0. The second kappa shape index (κ2) is 5.16. The van der Waals surface area contributed by atoms with Crippen molar-refractivity contribution in [3.8, 4) is 0 Å². The smallest absolute Gasteiger partial charge is 0.0988 e. The molecule has 0 spiro atoms. The lowest BCUT2D eigenvalue weighted by atomic mass is 10.0. The second-order valence-corrected chi connectivity index (χ2v) is 6.13. The number of rotatable bonds is 2. The summed E-state index contributed by atoms with van der Waals surface area (Å²) in [5.74, 6) is 0. The molecule has 1 aliphatic heterocycles. The maximum absolute atomic E-state index is 9.44. The summed E-state index contributed by atoms with van der Waals surface area (Å²) in [4.78, 5) is 6.51. The SMILES string of the molecule is CC1(C)CN(c2ccc3ncccc3c2N)CC(CO)O1. The van der Waals surface area contributed by atoms with Gasteiger partial charge in [0.05, 0.1) is 35.2 Å². The summed E-state index contributed by atoms with van der Waals surface area (Å²) < 4.78 is 5.86. The summed E-state index contributed by atoms with van der Waals surface area (Å²) in [7, 11) is 0. The average Bonchev–Trinajstić information content (AvgIpc) is 2.46. The molecule has 0 radical (unpaired) electrons. The highest BCUT2D eigenvalue weighted by molar-refractivity contribution is 5.97. The first kappa shape index (κ1) is 14.1. The van der Waals surface area contributed by atoms with E-state index < -0.39 is 0 Å². The number of pyridine rings is 1. The van der Waals surface area contributed by atoms with E-state index in [1.165, 1.54) is 0 Å². The van der Waals surface area contributed by atoms with Crippen LogP contribution in [0.5, 0.6) is 0 Å². The summed E-state index contributed by atoms with van der Waals surface area (Å²) in [5.41, 5.74) is 8.62. The van der Waals surface area contributed by atoms with Gasteiger partial charge in [0, 0.05) is 24.7 Å². The van der Waals surface area contributed by atoms with Gasteiger partial charge < -0.3 is 20.5 Å². The molecule has 1 fully saturated rings. The van der Waals surface area contributed by atoms with Gasteiger partial charge in [-0.25, -0.2) is 0 Å². The molecule has 1 aromatic carbocycles. The molecule has 0 aliphatic carbocycles. The summed E-state index contributed by atoms with van der Waals surface area (Å²) in [6, 6.07) is 7.86. The van der Waals surface area contributed by atoms with Gasteiger partial charge in [-0.1, -0.05) is 0 Å². The third-order valence-electron chi connectivity index (χ3n) is 3.83. The fraction of sp³-hybridized carbons (Fsp3) is 0.438. The molecular weight excluding hydrogens is 266 g/mol. The minimum absolute atomic E-state index is 0.00890. The van der Waals surface area contributed by atoms with Gasteiger partial charge in [0.1, 0.15) is 0 Å². The minimum Gasteiger partial charge on any atom is -0.396 e. The zero-order chi connectivity index (χ0) is 15.0. The highest BCUT2D eigenvalue weighted by Gasteiger charge is 2.33. The molecule has 5 nitrogen and oxygen atoms in total. The number of aliphatic hydroxyl groups excluding tert-OH is 1. The van der Waals surface area contributed by atoms with Crippen LogP contribution in [0.4, 0.5) is 11.4 Å². The molecule has 0 amide bonds. The summed E-state index contributed by atoms with van der Waals surface area (Å²) in [6.45, 7) is 5.44. The molecule has 0 saturated carbocycles. The molecule has 5 heteroatoms. The molecule has 0 bridgehead atoms. The number of anilines is 2. The number of aromatic nitrogens is 1. The fourth-order valence-corrected chi connectivity index (χ4v) is 3.01. The van der Waals surface area contributed by atoms with Gasteiger partial charge in [-0.2, -0.15) is 0 Å². The molecule has 21 heavy (non-hydrogen) atoms. The highest BCUT2D eigenvalue weighted by Crippen LogP contribution is 2.34. The monoisotopic (exact) mass is 287 g/mol. The third kappa shape index (κ3) is 2.66. The number of fused-ring (bicyclic) bond motifs is 1. The molecule has 3 rings (SSSR count). The number of nitrogen functional groups attached to an aromatic ring is 1. The lowest BCUT2D eigenvalue weighted by molar-refractivity contribution is -0.100. The average molecular weight is 287 g/mol. The van der Waals surface area contributed by atoms with Crippen LogP contribution >= 0.6 is 0 Å². The van der Waals surface area contributed by atoms with Gasteiger partial charge in [-0.3, -0.25) is 4.98 Å². The quantitative estimate of drug-likeness (QED) is 0.824. The Hall–Kier alpha value is -1.85. The summed E-state index contributed by atoms with van der Waals surface area (Å²) in [6.07, 6.45) is 1.57. The Morgan fingerprint density at radius 2 is 2.24 bits per heavy atom. The topological polar surface area (TPSA) is 71.6 Å². The van der Waals surface area contributed by atoms with Crippen molar-refractivity contribution in [1.82, 2.24) is 4.98 Å². The third-order valence-corrected chi connectivity index (χ3v) is 3.83. The van der Waals surface area contributed by atoms with Crippen LogP contribution in [0.2, 0.25) is 0 Å². The molecule has 1 aliphatic rings. The largest absolute Gasteiger partial charge is 0.396 e. The van der Waals surface area contributed by atoms with E-state index >= 15 is 0 Å². The maximum Gasteiger partial charge on any atom is 0.0988 e. The van der Waals surface area contributed by atoms with Crippen molar-refractivity contribution in [3.63, 3.8) is 0 Å². The predicted molar refractivity (Wildman–Crippen MR) is 84.4 cm³/mol. The van der Waals surface area contributed by atoms with E-state index in [0.717, 1.165) is 28.8 Å². The number of benzene rings is 1. The van der Waals surface area contributed by atoms with Crippen molar-refractivity contribution >= 4 is 22.3 Å². The number of morpholine rings is 1. The lowest BCUT2D eigenvalue weighted by Gasteiger charge is -2.43. The van der Waals surface area contributed by atoms with Crippen molar-refractivity contribution in [3.05, 3.63) is 30.5 Å². The van der Waals surface area contributed by atoms with Crippen molar-refractivity contribution in [1.29, 1.82) is 0 Å². The molecular formula is C16H21N3O2. The van der Waals surface area contributed by atoms with Gasteiger partial charge in [-0.15, -0.1) is 0 Å². The first-order valence-corrected chi connectivity index (χ1v) is 7.17. The molecule has 2 heterocycles. The normalized spacial score (nSPS) is 21.7. The van der Waals surface area contributed by atoms with Crippen LogP contribution < -0.4 is 10.6 Å². The number of aliphatic hydroxyl groups is 1. The van der Waals surface area contributed by atoms with Gasteiger partial charge in [0.2, 0.25) is 0 Å². The first-order chi connectivity index (χ1) is 10.00. The first-order valence-electron chi connectivity index (χ1n) is 7.17. The van der Waals surface area contributed by atoms with Crippen molar-refractivity contribution < 1.29 is 9.84 Å². The Labute approximate surface area is 124 Å². The van der Waals surface area contributed by atoms with E-state index in [2.05, 4.69) is 9.88 Å². The number of hydrogen-bond acceptors (Lipinski definition) is 5. The van der Waals surface area contributed by atoms with E-state index in [0.29, 0.717) is 6.54 Å². The van der Waals surface area contributed by atoms with Crippen molar-refractivity contribution in [2.75, 3.05) is 30.3 Å². The minimum atomic E-state index is -0.317. The molecule has 1 aromatic heterocycles. The van der Waals surface area contributed by atoms with Crippen LogP contribution in [0.25, 0.3) is 10.9 Å². The van der Waals surface area contributed by atoms with E-state index in [9.17, 15) is 5.11 Å². The molecule has 1 unspecified atom stereocenters. The molecule has 2 aromatic rings. The lowest BCUT2D eigenvalue weighted by Crippen LogP contribution is -2.54. The van der Waals surface area contributed by atoms with Crippen molar-refractivity contribution in [2.24, 2.45) is 0 Å². The van der Waals surface area contributed by atoms with Crippen LogP contribution in [-0.2, 0) is 4.74 Å². The Morgan fingerprint density at radius 3 is 3.00 bits per heavy atom. The fourth-order valence-electron chi connectivity index (χ4n) is 3.01. The maximum atomic E-state index is 9.44. The summed E-state index contributed by atoms with van der Waals surface area (Å²) in [5, 5.41) is 10.4. The van der Waals surface area contributed by atoms with E-state index in [4.69, 9.17) is 10.5 Å². The van der Waals surface area contributed by atoms with Crippen LogP contribution in [-0.4, -0.2) is 41.5 Å². The zero-order valence-corrected chi connectivity index (χ0v) is 12.4. The molecule has 1 saturated heterocycles. The standard InChI is InChI=1S/C16H21N3O2/c1-16(2)10-19(8-11(9-20)21-16)14-6-5-13-12(15(14)17)4-3-7-18-13/h3-7,11,20H,8-10,17H2,1-2H3. The van der Waals surface area contributed by atoms with Crippen molar-refractivity contribution in [2.45, 2.75) is 25.6 Å². The Bertz CT molecular complexity index is 657. The van der Waals surface area contributed by atoms with E-state index in [1.807, 2.05) is 38.1 Å². The Kier molecular flexibility index (Phi) is 3.47. The number of ether oxygens (including phenoxy) is 1. The van der Waals surface area contributed by atoms with Gasteiger partial charge in [-0.05, 0) is 38.1 Å². The van der Waals surface area contributed by atoms with E-state index in [-0.39, 0.29) is 18.3 Å². The van der Waals surface area contributed by atoms with Gasteiger partial charge >= 0.3 is 0 Å². The van der Waals surface area contributed by atoms with Crippen LogP contribution in [0, 0.1) is 0 Å². The molecule has 3 N–H and O–H groups in total. The number of nitrogens with zero attached hydrogens (tertiary/aromatic N) is 2. The highest BCUT2D eigenvalue weighted by atomic mass is 16.5. The zero-order valence-electron chi connectivity index (χ0n) is 12.4. The van der Waals surface area contributed by atoms with E-state index in [1.54, 1.807) is 6.20 Å². The second-order valence-electron chi connectivity index (χ2n) is 6.13. The molecule has 1 atom stereocenters.